The minimum atomic E-state index is 0.758. The lowest BCUT2D eigenvalue weighted by atomic mass is 10.2. The number of hydrogen-bond acceptors (Lipinski definition) is 7. The Kier molecular flexibility index (Phi) is 3.63. The molecule has 0 atom stereocenters. The number of likely N-dealkylation sites (tertiary alicyclic amines) is 1. The molecule has 22 heavy (non-hydrogen) atoms. The number of nitrogens with zero attached hydrogens (tertiary/aromatic N) is 6. The molecule has 0 saturated carbocycles. The molecule has 4 rings (SSSR count). The Balaban J connectivity index is 1.60. The molecule has 3 aromatic heterocycles. The molecule has 0 bridgehead atoms. The summed E-state index contributed by atoms with van der Waals surface area (Å²) in [6.07, 6.45) is 5.20. The molecule has 3 aromatic rings. The first-order chi connectivity index (χ1) is 10.8. The van der Waals surface area contributed by atoms with Crippen molar-refractivity contribution in [3.05, 3.63) is 17.7 Å². The first-order valence-electron chi connectivity index (χ1n) is 7.67. The summed E-state index contributed by atoms with van der Waals surface area (Å²) in [5.41, 5.74) is 0.758. The molecule has 1 saturated heterocycles. The first kappa shape index (κ1) is 13.8. The first-order valence-corrected chi connectivity index (χ1v) is 8.48. The molecular formula is C14H18N6OS. The van der Waals surface area contributed by atoms with Crippen LogP contribution in [0.3, 0.4) is 0 Å². The Morgan fingerprint density at radius 1 is 1.18 bits per heavy atom. The highest BCUT2D eigenvalue weighted by Crippen LogP contribution is 2.25. The molecule has 1 aliphatic heterocycles. The van der Waals surface area contributed by atoms with Crippen LogP contribution < -0.4 is 0 Å². The van der Waals surface area contributed by atoms with Gasteiger partial charge in [-0.2, -0.15) is 9.61 Å². The van der Waals surface area contributed by atoms with Crippen LogP contribution in [0.4, 0.5) is 0 Å². The maximum atomic E-state index is 5.12. The molecule has 4 heterocycles. The van der Waals surface area contributed by atoms with Crippen molar-refractivity contribution in [1.82, 2.24) is 29.9 Å². The molecule has 116 valence electrons. The zero-order chi connectivity index (χ0) is 14.9. The fourth-order valence-corrected chi connectivity index (χ4v) is 3.63. The summed E-state index contributed by atoms with van der Waals surface area (Å²) >= 11 is 1.49. The van der Waals surface area contributed by atoms with Crippen molar-refractivity contribution >= 4 is 16.3 Å². The molecule has 1 aliphatic rings. The van der Waals surface area contributed by atoms with Crippen molar-refractivity contribution in [2.75, 3.05) is 13.1 Å². The van der Waals surface area contributed by atoms with Crippen molar-refractivity contribution < 1.29 is 4.52 Å². The van der Waals surface area contributed by atoms with E-state index in [9.17, 15) is 0 Å². The van der Waals surface area contributed by atoms with Gasteiger partial charge in [0.15, 0.2) is 10.8 Å². The van der Waals surface area contributed by atoms with E-state index in [-0.39, 0.29) is 0 Å². The monoisotopic (exact) mass is 318 g/mol. The topological polar surface area (TPSA) is 72.3 Å². The summed E-state index contributed by atoms with van der Waals surface area (Å²) in [5.74, 6) is 1.69. The van der Waals surface area contributed by atoms with E-state index in [4.69, 9.17) is 4.52 Å². The maximum Gasteiger partial charge on any atom is 0.235 e. The molecule has 1 fully saturated rings. The number of aromatic nitrogens is 5. The fourth-order valence-electron chi connectivity index (χ4n) is 2.82. The van der Waals surface area contributed by atoms with E-state index in [1.165, 1.54) is 37.0 Å². The van der Waals surface area contributed by atoms with Crippen molar-refractivity contribution in [3.63, 3.8) is 0 Å². The number of rotatable bonds is 3. The van der Waals surface area contributed by atoms with Gasteiger partial charge in [-0.25, -0.2) is 0 Å². The summed E-state index contributed by atoms with van der Waals surface area (Å²) < 4.78 is 6.96. The van der Waals surface area contributed by atoms with Gasteiger partial charge < -0.3 is 4.52 Å². The highest BCUT2D eigenvalue weighted by Gasteiger charge is 2.18. The van der Waals surface area contributed by atoms with Gasteiger partial charge in [-0.3, -0.25) is 4.90 Å². The second kappa shape index (κ2) is 5.77. The zero-order valence-electron chi connectivity index (χ0n) is 12.5. The molecule has 0 unspecified atom stereocenters. The van der Waals surface area contributed by atoms with Gasteiger partial charge in [-0.1, -0.05) is 29.3 Å². The van der Waals surface area contributed by atoms with Gasteiger partial charge in [0.2, 0.25) is 4.96 Å². The maximum absolute atomic E-state index is 5.12. The second-order valence-electron chi connectivity index (χ2n) is 5.73. The Hall–Kier alpha value is -1.80. The van der Waals surface area contributed by atoms with Gasteiger partial charge in [0, 0.05) is 6.07 Å². The van der Waals surface area contributed by atoms with Crippen LogP contribution in [0.2, 0.25) is 0 Å². The van der Waals surface area contributed by atoms with E-state index >= 15 is 0 Å². The van der Waals surface area contributed by atoms with Crippen molar-refractivity contribution in [2.24, 2.45) is 0 Å². The smallest absolute Gasteiger partial charge is 0.235 e. The highest BCUT2D eigenvalue weighted by atomic mass is 32.1. The predicted octanol–water partition coefficient (Wildman–Crippen LogP) is 2.53. The van der Waals surface area contributed by atoms with Crippen LogP contribution >= 0.6 is 11.3 Å². The third-order valence-electron chi connectivity index (χ3n) is 3.97. The Bertz CT molecular complexity index is 767. The standard InChI is InChI=1S/C14H18N6OS/c1-10-8-11(18-21-10)13-17-20-12(15-16-14(20)22-13)9-19-6-4-2-3-5-7-19/h8H,2-7,9H2,1H3. The summed E-state index contributed by atoms with van der Waals surface area (Å²) in [4.78, 5) is 3.25. The highest BCUT2D eigenvalue weighted by molar-refractivity contribution is 7.19. The third-order valence-corrected chi connectivity index (χ3v) is 4.89. The van der Waals surface area contributed by atoms with Gasteiger partial charge in [0.25, 0.3) is 0 Å². The van der Waals surface area contributed by atoms with Gasteiger partial charge in [0.1, 0.15) is 11.5 Å². The number of aryl methyl sites for hydroxylation is 1. The quantitative estimate of drug-likeness (QED) is 0.739. The van der Waals surface area contributed by atoms with Gasteiger partial charge in [0.05, 0.1) is 6.54 Å². The van der Waals surface area contributed by atoms with Crippen molar-refractivity contribution in [2.45, 2.75) is 39.2 Å². The van der Waals surface area contributed by atoms with Crippen LogP contribution in [-0.4, -0.2) is 43.0 Å². The van der Waals surface area contributed by atoms with Gasteiger partial charge in [-0.15, -0.1) is 10.2 Å². The Labute approximate surface area is 131 Å². The zero-order valence-corrected chi connectivity index (χ0v) is 13.3. The fraction of sp³-hybridized carbons (Fsp3) is 0.571. The van der Waals surface area contributed by atoms with Crippen LogP contribution in [0.15, 0.2) is 10.6 Å². The SMILES string of the molecule is Cc1cc(-c2nn3c(CN4CCCCCC4)nnc3s2)no1. The largest absolute Gasteiger partial charge is 0.361 e. The molecule has 0 radical (unpaired) electrons. The van der Waals surface area contributed by atoms with E-state index in [0.29, 0.717) is 0 Å². The minimum absolute atomic E-state index is 0.758. The summed E-state index contributed by atoms with van der Waals surface area (Å²) in [5, 5.41) is 18.0. The normalized spacial score (nSPS) is 17.1. The third kappa shape index (κ3) is 2.64. The van der Waals surface area contributed by atoms with E-state index in [0.717, 1.165) is 46.9 Å². The molecule has 0 amide bonds. The van der Waals surface area contributed by atoms with Gasteiger partial charge in [-0.05, 0) is 32.9 Å². The summed E-state index contributed by atoms with van der Waals surface area (Å²) in [7, 11) is 0. The molecule has 0 aromatic carbocycles. The lowest BCUT2D eigenvalue weighted by molar-refractivity contribution is 0.268. The average molecular weight is 318 g/mol. The van der Waals surface area contributed by atoms with Crippen LogP contribution in [-0.2, 0) is 6.54 Å². The predicted molar refractivity (Wildman–Crippen MR) is 82.6 cm³/mol. The lowest BCUT2D eigenvalue weighted by Crippen LogP contribution is -2.25. The second-order valence-corrected chi connectivity index (χ2v) is 6.69. The summed E-state index contributed by atoms with van der Waals surface area (Å²) in [6, 6.07) is 1.89. The van der Waals surface area contributed by atoms with Crippen LogP contribution in [0.1, 0.15) is 37.3 Å². The van der Waals surface area contributed by atoms with E-state index < -0.39 is 0 Å². The Morgan fingerprint density at radius 3 is 2.73 bits per heavy atom. The molecular weight excluding hydrogens is 300 g/mol. The van der Waals surface area contributed by atoms with Crippen LogP contribution in [0, 0.1) is 6.92 Å². The summed E-state index contributed by atoms with van der Waals surface area (Å²) in [6.45, 7) is 4.95. The molecule has 0 spiro atoms. The van der Waals surface area contributed by atoms with E-state index in [1.807, 2.05) is 17.5 Å². The van der Waals surface area contributed by atoms with Crippen molar-refractivity contribution in [1.29, 1.82) is 0 Å². The number of hydrogen-bond donors (Lipinski definition) is 0. The minimum Gasteiger partial charge on any atom is -0.361 e. The Morgan fingerprint density at radius 2 is 2.00 bits per heavy atom. The molecule has 7 nitrogen and oxygen atoms in total. The molecule has 0 N–H and O–H groups in total. The van der Waals surface area contributed by atoms with Gasteiger partial charge >= 0.3 is 0 Å². The molecule has 0 aliphatic carbocycles. The lowest BCUT2D eigenvalue weighted by Gasteiger charge is -2.17. The van der Waals surface area contributed by atoms with E-state index in [2.05, 4.69) is 25.4 Å². The number of fused-ring (bicyclic) bond motifs is 1. The van der Waals surface area contributed by atoms with Crippen LogP contribution in [0.5, 0.6) is 0 Å². The average Bonchev–Trinajstić information content (AvgIpc) is 3.13. The van der Waals surface area contributed by atoms with E-state index in [1.54, 1.807) is 0 Å². The van der Waals surface area contributed by atoms with Crippen molar-refractivity contribution in [3.8, 4) is 10.7 Å². The molecule has 8 heteroatoms. The van der Waals surface area contributed by atoms with Crippen LogP contribution in [0.25, 0.3) is 15.7 Å².